The molecule has 0 saturated carbocycles. The molecule has 0 fully saturated rings. The van der Waals surface area contributed by atoms with E-state index in [1.54, 1.807) is 0 Å². The Morgan fingerprint density at radius 3 is 2.88 bits per heavy atom. The maximum Gasteiger partial charge on any atom is 0.133 e. The Morgan fingerprint density at radius 1 is 1.47 bits per heavy atom. The molecule has 0 radical (unpaired) electrons. The standard InChI is InChI=1S/C13H18N2OS/c1-4-12-5-6-13(17-12)10(3)14-8-11-7-9(2)16-15-11/h5-7,10,14H,4,8H2,1-3H3. The van der Waals surface area contributed by atoms with Gasteiger partial charge in [-0.05, 0) is 32.4 Å². The number of hydrogen-bond acceptors (Lipinski definition) is 4. The van der Waals surface area contributed by atoms with Crippen molar-refractivity contribution in [3.05, 3.63) is 39.4 Å². The monoisotopic (exact) mass is 250 g/mol. The maximum absolute atomic E-state index is 5.04. The van der Waals surface area contributed by atoms with Crippen LogP contribution in [0, 0.1) is 6.92 Å². The molecule has 92 valence electrons. The second-order valence-electron chi connectivity index (χ2n) is 4.19. The van der Waals surface area contributed by atoms with E-state index in [1.807, 2.05) is 24.3 Å². The highest BCUT2D eigenvalue weighted by Gasteiger charge is 2.09. The summed E-state index contributed by atoms with van der Waals surface area (Å²) < 4.78 is 5.04. The first-order valence-electron chi connectivity index (χ1n) is 5.93. The van der Waals surface area contributed by atoms with Gasteiger partial charge in [0.2, 0.25) is 0 Å². The molecule has 2 aromatic rings. The van der Waals surface area contributed by atoms with E-state index in [1.165, 1.54) is 9.75 Å². The molecule has 4 heteroatoms. The number of aryl methyl sites for hydroxylation is 2. The summed E-state index contributed by atoms with van der Waals surface area (Å²) in [7, 11) is 0. The zero-order chi connectivity index (χ0) is 12.3. The Kier molecular flexibility index (Phi) is 3.97. The highest BCUT2D eigenvalue weighted by Crippen LogP contribution is 2.23. The molecule has 0 spiro atoms. The molecule has 1 N–H and O–H groups in total. The third-order valence-corrected chi connectivity index (χ3v) is 4.14. The van der Waals surface area contributed by atoms with Gasteiger partial charge in [0.15, 0.2) is 0 Å². The van der Waals surface area contributed by atoms with Gasteiger partial charge in [0, 0.05) is 28.4 Å². The predicted octanol–water partition coefficient (Wildman–Crippen LogP) is 3.46. The van der Waals surface area contributed by atoms with Crippen LogP contribution in [-0.4, -0.2) is 5.16 Å². The molecular weight excluding hydrogens is 232 g/mol. The van der Waals surface area contributed by atoms with Crippen LogP contribution in [0.4, 0.5) is 0 Å². The van der Waals surface area contributed by atoms with E-state index in [4.69, 9.17) is 4.52 Å². The van der Waals surface area contributed by atoms with Crippen molar-refractivity contribution in [2.45, 2.75) is 39.8 Å². The second-order valence-corrected chi connectivity index (χ2v) is 5.39. The predicted molar refractivity (Wildman–Crippen MR) is 70.2 cm³/mol. The largest absolute Gasteiger partial charge is 0.361 e. The number of hydrogen-bond donors (Lipinski definition) is 1. The lowest BCUT2D eigenvalue weighted by atomic mass is 10.2. The summed E-state index contributed by atoms with van der Waals surface area (Å²) in [6.45, 7) is 7.02. The Balaban J connectivity index is 1.90. The summed E-state index contributed by atoms with van der Waals surface area (Å²) in [5.41, 5.74) is 0.960. The van der Waals surface area contributed by atoms with Crippen molar-refractivity contribution in [1.29, 1.82) is 0 Å². The van der Waals surface area contributed by atoms with E-state index in [-0.39, 0.29) is 0 Å². The molecule has 0 saturated heterocycles. The van der Waals surface area contributed by atoms with Crippen LogP contribution in [-0.2, 0) is 13.0 Å². The highest BCUT2D eigenvalue weighted by atomic mass is 32.1. The van der Waals surface area contributed by atoms with Crippen LogP contribution in [0.5, 0.6) is 0 Å². The molecule has 2 rings (SSSR count). The number of thiophene rings is 1. The second kappa shape index (κ2) is 5.47. The summed E-state index contributed by atoms with van der Waals surface area (Å²) in [5, 5.41) is 7.42. The van der Waals surface area contributed by atoms with Crippen LogP contribution in [0.1, 0.15) is 41.1 Å². The molecule has 1 atom stereocenters. The van der Waals surface area contributed by atoms with E-state index in [2.05, 4.69) is 36.5 Å². The van der Waals surface area contributed by atoms with Crippen molar-refractivity contribution in [1.82, 2.24) is 10.5 Å². The summed E-state index contributed by atoms with van der Waals surface area (Å²) >= 11 is 1.87. The lowest BCUT2D eigenvalue weighted by Crippen LogP contribution is -2.17. The number of nitrogens with zero attached hydrogens (tertiary/aromatic N) is 1. The summed E-state index contributed by atoms with van der Waals surface area (Å²) in [6, 6.07) is 6.73. The van der Waals surface area contributed by atoms with E-state index in [0.717, 1.165) is 24.4 Å². The van der Waals surface area contributed by atoms with Gasteiger partial charge in [0.25, 0.3) is 0 Å². The average molecular weight is 250 g/mol. The molecule has 0 aliphatic heterocycles. The summed E-state index contributed by atoms with van der Waals surface area (Å²) in [6.07, 6.45) is 1.11. The highest BCUT2D eigenvalue weighted by molar-refractivity contribution is 7.12. The van der Waals surface area contributed by atoms with Crippen LogP contribution >= 0.6 is 11.3 Å². The van der Waals surface area contributed by atoms with E-state index >= 15 is 0 Å². The van der Waals surface area contributed by atoms with Crippen LogP contribution in [0.2, 0.25) is 0 Å². The van der Waals surface area contributed by atoms with Crippen LogP contribution in [0.25, 0.3) is 0 Å². The Hall–Kier alpha value is -1.13. The van der Waals surface area contributed by atoms with Gasteiger partial charge < -0.3 is 9.84 Å². The Morgan fingerprint density at radius 2 is 2.29 bits per heavy atom. The normalized spacial score (nSPS) is 12.9. The van der Waals surface area contributed by atoms with Gasteiger partial charge in [-0.3, -0.25) is 0 Å². The van der Waals surface area contributed by atoms with Crippen LogP contribution < -0.4 is 5.32 Å². The lowest BCUT2D eigenvalue weighted by Gasteiger charge is -2.10. The number of rotatable bonds is 5. The van der Waals surface area contributed by atoms with E-state index in [0.29, 0.717) is 6.04 Å². The molecule has 2 heterocycles. The number of aromatic nitrogens is 1. The van der Waals surface area contributed by atoms with Crippen molar-refractivity contribution in [2.24, 2.45) is 0 Å². The van der Waals surface area contributed by atoms with Gasteiger partial charge in [-0.15, -0.1) is 11.3 Å². The number of nitrogens with one attached hydrogen (secondary N) is 1. The summed E-state index contributed by atoms with van der Waals surface area (Å²) in [4.78, 5) is 2.81. The molecule has 17 heavy (non-hydrogen) atoms. The van der Waals surface area contributed by atoms with Crippen molar-refractivity contribution >= 4 is 11.3 Å². The average Bonchev–Trinajstić information content (AvgIpc) is 2.94. The summed E-state index contributed by atoms with van der Waals surface area (Å²) in [5.74, 6) is 0.860. The molecule has 0 aromatic carbocycles. The topological polar surface area (TPSA) is 38.1 Å². The van der Waals surface area contributed by atoms with Gasteiger partial charge in [0.05, 0.1) is 5.69 Å². The quantitative estimate of drug-likeness (QED) is 0.883. The van der Waals surface area contributed by atoms with Gasteiger partial charge >= 0.3 is 0 Å². The van der Waals surface area contributed by atoms with Gasteiger partial charge in [-0.2, -0.15) is 0 Å². The smallest absolute Gasteiger partial charge is 0.133 e. The zero-order valence-electron chi connectivity index (χ0n) is 10.5. The van der Waals surface area contributed by atoms with Gasteiger partial charge in [0.1, 0.15) is 5.76 Å². The van der Waals surface area contributed by atoms with Crippen molar-refractivity contribution in [2.75, 3.05) is 0 Å². The van der Waals surface area contributed by atoms with Crippen molar-refractivity contribution in [3.8, 4) is 0 Å². The van der Waals surface area contributed by atoms with Crippen molar-refractivity contribution < 1.29 is 4.52 Å². The van der Waals surface area contributed by atoms with Crippen LogP contribution in [0.3, 0.4) is 0 Å². The molecule has 0 amide bonds. The molecule has 0 aliphatic rings. The minimum atomic E-state index is 0.359. The van der Waals surface area contributed by atoms with Crippen molar-refractivity contribution in [3.63, 3.8) is 0 Å². The Labute approximate surface area is 106 Å². The van der Waals surface area contributed by atoms with Gasteiger partial charge in [-0.25, -0.2) is 0 Å². The SMILES string of the molecule is CCc1ccc(C(C)NCc2cc(C)on2)s1. The zero-order valence-corrected chi connectivity index (χ0v) is 11.3. The fraction of sp³-hybridized carbons (Fsp3) is 0.462. The molecule has 3 nitrogen and oxygen atoms in total. The Bertz CT molecular complexity index is 475. The third-order valence-electron chi connectivity index (χ3n) is 2.72. The molecule has 0 aliphatic carbocycles. The fourth-order valence-electron chi connectivity index (χ4n) is 1.68. The van der Waals surface area contributed by atoms with E-state index < -0.39 is 0 Å². The minimum absolute atomic E-state index is 0.359. The maximum atomic E-state index is 5.04. The molecule has 2 aromatic heterocycles. The first-order chi connectivity index (χ1) is 8.19. The van der Waals surface area contributed by atoms with E-state index in [9.17, 15) is 0 Å². The molecular formula is C13H18N2OS. The first kappa shape index (κ1) is 12.3. The fourth-order valence-corrected chi connectivity index (χ4v) is 2.66. The minimum Gasteiger partial charge on any atom is -0.361 e. The van der Waals surface area contributed by atoms with Gasteiger partial charge in [-0.1, -0.05) is 12.1 Å². The molecule has 1 unspecified atom stereocenters. The lowest BCUT2D eigenvalue weighted by molar-refractivity contribution is 0.386. The molecule has 0 bridgehead atoms. The first-order valence-corrected chi connectivity index (χ1v) is 6.75. The third kappa shape index (κ3) is 3.17. The van der Waals surface area contributed by atoms with Crippen LogP contribution in [0.15, 0.2) is 22.7 Å².